The van der Waals surface area contributed by atoms with E-state index in [1.807, 2.05) is 0 Å². The Kier molecular flexibility index (Phi) is 4.52. The molecule has 1 aromatic carbocycles. The number of furan rings is 1. The van der Waals surface area contributed by atoms with E-state index in [0.29, 0.717) is 42.4 Å². The lowest BCUT2D eigenvalue weighted by Crippen LogP contribution is -2.46. The summed E-state index contributed by atoms with van der Waals surface area (Å²) in [5, 5.41) is 21.0. The second-order valence-corrected chi connectivity index (χ2v) is 6.61. The molecular formula is C18H17N5O5. The lowest BCUT2D eigenvalue weighted by atomic mass is 10.0. The topological polar surface area (TPSA) is 134 Å². The van der Waals surface area contributed by atoms with Crippen LogP contribution in [-0.4, -0.2) is 51.0 Å². The molecule has 0 unspecified atom stereocenters. The molecule has 0 spiro atoms. The number of hydrogen-bond donors (Lipinski definition) is 2. The van der Waals surface area contributed by atoms with Gasteiger partial charge in [0.2, 0.25) is 0 Å². The van der Waals surface area contributed by atoms with Crippen molar-refractivity contribution in [3.63, 3.8) is 0 Å². The Morgan fingerprint density at radius 1 is 1.29 bits per heavy atom. The minimum atomic E-state index is -0.513. The summed E-state index contributed by atoms with van der Waals surface area (Å²) < 4.78 is 4.94. The summed E-state index contributed by atoms with van der Waals surface area (Å²) in [5.74, 6) is -0.490. The van der Waals surface area contributed by atoms with Crippen LogP contribution in [0.2, 0.25) is 0 Å². The molecule has 144 valence electrons. The third-order valence-electron chi connectivity index (χ3n) is 4.86. The van der Waals surface area contributed by atoms with Gasteiger partial charge in [0, 0.05) is 36.7 Å². The Balaban J connectivity index is 1.41. The molecule has 2 amide bonds. The quantitative estimate of drug-likeness (QED) is 0.523. The molecule has 2 aromatic heterocycles. The maximum Gasteiger partial charge on any atom is 0.272 e. The number of nitro benzene ring substituents is 1. The Hall–Kier alpha value is -3.69. The van der Waals surface area contributed by atoms with Crippen LogP contribution in [0.3, 0.4) is 0 Å². The first-order valence-electron chi connectivity index (χ1n) is 8.78. The van der Waals surface area contributed by atoms with Gasteiger partial charge in [0.05, 0.1) is 22.3 Å². The van der Waals surface area contributed by atoms with E-state index < -0.39 is 10.8 Å². The molecule has 1 fully saturated rings. The molecule has 3 heterocycles. The highest BCUT2D eigenvalue weighted by Crippen LogP contribution is 2.22. The zero-order chi connectivity index (χ0) is 19.7. The predicted octanol–water partition coefficient (Wildman–Crippen LogP) is 2.10. The van der Waals surface area contributed by atoms with Gasteiger partial charge in [0.1, 0.15) is 6.26 Å². The van der Waals surface area contributed by atoms with Crippen LogP contribution in [0.5, 0.6) is 0 Å². The first-order valence-corrected chi connectivity index (χ1v) is 8.78. The molecule has 0 atom stereocenters. The van der Waals surface area contributed by atoms with Crippen molar-refractivity contribution in [1.82, 2.24) is 20.4 Å². The number of carbonyl (C=O) groups excluding carboxylic acids is 2. The molecule has 0 radical (unpaired) electrons. The normalized spacial score (nSPS) is 14.9. The first kappa shape index (κ1) is 17.7. The molecule has 0 aliphatic carbocycles. The summed E-state index contributed by atoms with van der Waals surface area (Å²) in [5.41, 5.74) is 1.08. The highest BCUT2D eigenvalue weighted by molar-refractivity contribution is 6.05. The fourth-order valence-corrected chi connectivity index (χ4v) is 3.34. The second kappa shape index (κ2) is 7.14. The van der Waals surface area contributed by atoms with E-state index in [0.717, 1.165) is 0 Å². The zero-order valence-corrected chi connectivity index (χ0v) is 14.8. The van der Waals surface area contributed by atoms with Gasteiger partial charge in [-0.05, 0) is 25.0 Å². The number of rotatable bonds is 4. The molecule has 2 N–H and O–H groups in total. The van der Waals surface area contributed by atoms with E-state index in [-0.39, 0.29) is 23.3 Å². The highest BCUT2D eigenvalue weighted by Gasteiger charge is 2.26. The average molecular weight is 383 g/mol. The summed E-state index contributed by atoms with van der Waals surface area (Å²) >= 11 is 0. The largest absolute Gasteiger partial charge is 0.472 e. The van der Waals surface area contributed by atoms with E-state index in [1.54, 1.807) is 11.0 Å². The molecule has 10 nitrogen and oxygen atoms in total. The molecule has 1 aliphatic rings. The van der Waals surface area contributed by atoms with Gasteiger partial charge in [-0.3, -0.25) is 24.8 Å². The fraction of sp³-hybridized carbons (Fsp3) is 0.278. The van der Waals surface area contributed by atoms with Gasteiger partial charge in [-0.1, -0.05) is 0 Å². The van der Waals surface area contributed by atoms with Crippen LogP contribution in [0.15, 0.2) is 41.2 Å². The van der Waals surface area contributed by atoms with E-state index in [9.17, 15) is 19.7 Å². The lowest BCUT2D eigenvalue weighted by molar-refractivity contribution is -0.384. The third kappa shape index (κ3) is 3.31. The molecule has 0 saturated carbocycles. The fourth-order valence-electron chi connectivity index (χ4n) is 3.34. The Labute approximate surface area is 158 Å². The van der Waals surface area contributed by atoms with Crippen LogP contribution in [0, 0.1) is 10.1 Å². The SMILES string of the molecule is O=C(NC1CCN(C(=O)c2ccoc2)CC1)c1n[nH]c2ccc([N+](=O)[O-])cc12. The molecule has 3 aromatic rings. The van der Waals surface area contributed by atoms with E-state index in [1.165, 1.54) is 30.7 Å². The summed E-state index contributed by atoms with van der Waals surface area (Å²) in [6, 6.07) is 5.73. The molecule has 28 heavy (non-hydrogen) atoms. The minimum Gasteiger partial charge on any atom is -0.472 e. The van der Waals surface area contributed by atoms with Gasteiger partial charge in [-0.15, -0.1) is 0 Å². The van der Waals surface area contributed by atoms with Crippen molar-refractivity contribution >= 4 is 28.4 Å². The van der Waals surface area contributed by atoms with Gasteiger partial charge in [0.25, 0.3) is 17.5 Å². The highest BCUT2D eigenvalue weighted by atomic mass is 16.6. The summed E-state index contributed by atoms with van der Waals surface area (Å²) in [6.07, 6.45) is 4.09. The van der Waals surface area contributed by atoms with Gasteiger partial charge in [-0.2, -0.15) is 5.10 Å². The van der Waals surface area contributed by atoms with Crippen LogP contribution < -0.4 is 5.32 Å². The number of nitrogens with one attached hydrogen (secondary N) is 2. The molecule has 0 bridgehead atoms. The smallest absolute Gasteiger partial charge is 0.272 e. The van der Waals surface area contributed by atoms with Crippen molar-refractivity contribution < 1.29 is 18.9 Å². The number of aromatic nitrogens is 2. The van der Waals surface area contributed by atoms with E-state index >= 15 is 0 Å². The minimum absolute atomic E-state index is 0.0934. The summed E-state index contributed by atoms with van der Waals surface area (Å²) in [4.78, 5) is 37.1. The van der Waals surface area contributed by atoms with Crippen LogP contribution >= 0.6 is 0 Å². The molecule has 4 rings (SSSR count). The zero-order valence-electron chi connectivity index (χ0n) is 14.8. The van der Waals surface area contributed by atoms with Crippen LogP contribution in [0.1, 0.15) is 33.7 Å². The predicted molar refractivity (Wildman–Crippen MR) is 97.8 cm³/mol. The number of carbonyl (C=O) groups is 2. The number of piperidine rings is 1. The Morgan fingerprint density at radius 2 is 2.07 bits per heavy atom. The Morgan fingerprint density at radius 3 is 2.75 bits per heavy atom. The lowest BCUT2D eigenvalue weighted by Gasteiger charge is -2.32. The monoisotopic (exact) mass is 383 g/mol. The summed E-state index contributed by atoms with van der Waals surface area (Å²) in [6.45, 7) is 1.03. The van der Waals surface area contributed by atoms with Crippen molar-refractivity contribution in [2.45, 2.75) is 18.9 Å². The maximum atomic E-state index is 12.6. The first-order chi connectivity index (χ1) is 13.5. The van der Waals surface area contributed by atoms with E-state index in [2.05, 4.69) is 15.5 Å². The number of likely N-dealkylation sites (tertiary alicyclic amines) is 1. The number of nitro groups is 1. The third-order valence-corrected chi connectivity index (χ3v) is 4.86. The summed E-state index contributed by atoms with van der Waals surface area (Å²) in [7, 11) is 0. The average Bonchev–Trinajstić information content (AvgIpc) is 3.37. The van der Waals surface area contributed by atoms with Gasteiger partial charge >= 0.3 is 0 Å². The van der Waals surface area contributed by atoms with Crippen molar-refractivity contribution in [2.75, 3.05) is 13.1 Å². The second-order valence-electron chi connectivity index (χ2n) is 6.61. The van der Waals surface area contributed by atoms with Crippen LogP contribution in [0.4, 0.5) is 5.69 Å². The Bertz CT molecular complexity index is 1030. The number of hydrogen-bond acceptors (Lipinski definition) is 6. The number of non-ortho nitro benzene ring substituents is 1. The molecular weight excluding hydrogens is 366 g/mol. The maximum absolute atomic E-state index is 12.6. The number of amides is 2. The van der Waals surface area contributed by atoms with Crippen molar-refractivity contribution in [3.05, 3.63) is 58.2 Å². The van der Waals surface area contributed by atoms with Gasteiger partial charge < -0.3 is 14.6 Å². The molecule has 1 aliphatic heterocycles. The number of fused-ring (bicyclic) bond motifs is 1. The van der Waals surface area contributed by atoms with Crippen molar-refractivity contribution in [3.8, 4) is 0 Å². The van der Waals surface area contributed by atoms with Crippen molar-refractivity contribution in [1.29, 1.82) is 0 Å². The number of nitrogens with zero attached hydrogens (tertiary/aromatic N) is 3. The number of aromatic amines is 1. The van der Waals surface area contributed by atoms with Crippen LogP contribution in [-0.2, 0) is 0 Å². The van der Waals surface area contributed by atoms with Crippen LogP contribution in [0.25, 0.3) is 10.9 Å². The van der Waals surface area contributed by atoms with Gasteiger partial charge in [0.15, 0.2) is 5.69 Å². The number of H-pyrrole nitrogens is 1. The molecule has 1 saturated heterocycles. The standard InChI is InChI=1S/C18H17N5O5/c24-17(16-14-9-13(23(26)27)1-2-15(14)20-21-16)19-12-3-6-22(7-4-12)18(25)11-5-8-28-10-11/h1-2,5,8-10,12H,3-4,6-7H2,(H,19,24)(H,20,21). The number of benzene rings is 1. The van der Waals surface area contributed by atoms with Gasteiger partial charge in [-0.25, -0.2) is 0 Å². The van der Waals surface area contributed by atoms with E-state index in [4.69, 9.17) is 4.42 Å². The molecule has 10 heteroatoms. The van der Waals surface area contributed by atoms with Crippen molar-refractivity contribution in [2.24, 2.45) is 0 Å².